The Labute approximate surface area is 477 Å². The fraction of sp³-hybridized carbons (Fsp3) is 0.173. The van der Waals surface area contributed by atoms with Gasteiger partial charge in [-0.1, -0.05) is 125 Å². The minimum atomic E-state index is -4.91. The summed E-state index contributed by atoms with van der Waals surface area (Å²) in [5.74, 6) is 0. The third-order valence-corrected chi connectivity index (χ3v) is 16.8. The van der Waals surface area contributed by atoms with E-state index in [2.05, 4.69) is 226 Å². The molecule has 0 radical (unpaired) electrons. The molecule has 0 N–H and O–H groups in total. The number of hydrogen-bond acceptors (Lipinski definition) is 2. The van der Waals surface area contributed by atoms with Crippen LogP contribution in [0.2, 0.25) is 0 Å². The van der Waals surface area contributed by atoms with E-state index in [1.165, 1.54) is 12.1 Å². The molecule has 0 amide bonds. The van der Waals surface area contributed by atoms with Crippen LogP contribution < -0.4 is 0 Å². The van der Waals surface area contributed by atoms with E-state index in [1.54, 1.807) is 12.1 Å². The van der Waals surface area contributed by atoms with Crippen LogP contribution in [0.15, 0.2) is 152 Å². The topological polar surface area (TPSA) is 57.4 Å². The van der Waals surface area contributed by atoms with Crippen molar-refractivity contribution in [1.29, 1.82) is 10.5 Å². The molecule has 402 valence electrons. The molecule has 0 spiro atoms. The van der Waals surface area contributed by atoms with Crippen LogP contribution >= 0.6 is 0 Å². The number of aromatic nitrogens is 2. The highest BCUT2D eigenvalue weighted by molar-refractivity contribution is 6.14. The molecule has 10 aromatic carbocycles. The van der Waals surface area contributed by atoms with Crippen molar-refractivity contribution in [2.45, 2.75) is 89.3 Å². The van der Waals surface area contributed by atoms with Crippen LogP contribution in [0, 0.1) is 106 Å². The molecule has 7 heteroatoms. The average Bonchev–Trinajstić information content (AvgIpc) is 1.89. The van der Waals surface area contributed by atoms with Gasteiger partial charge < -0.3 is 9.13 Å². The molecule has 0 saturated carbocycles. The van der Waals surface area contributed by atoms with Gasteiger partial charge in [-0.3, -0.25) is 0 Å². The van der Waals surface area contributed by atoms with Crippen molar-refractivity contribution in [3.8, 4) is 79.1 Å². The Kier molecular flexibility index (Phi) is 12.8. The molecule has 2 heterocycles. The maximum atomic E-state index is 16.4. The first-order chi connectivity index (χ1) is 39.1. The lowest BCUT2D eigenvalue weighted by molar-refractivity contribution is -0.137. The van der Waals surface area contributed by atoms with Gasteiger partial charge >= 0.3 is 6.18 Å². The summed E-state index contributed by atoms with van der Waals surface area (Å²) >= 11 is 0. The summed E-state index contributed by atoms with van der Waals surface area (Å²) in [7, 11) is 0. The van der Waals surface area contributed by atoms with Crippen LogP contribution in [0.5, 0.6) is 0 Å². The Morgan fingerprint density at radius 2 is 0.622 bits per heavy atom. The Bertz CT molecular complexity index is 4250. The summed E-state index contributed by atoms with van der Waals surface area (Å²) in [6.45, 7) is 25.2. The molecule has 4 nitrogen and oxygen atoms in total. The summed E-state index contributed by atoms with van der Waals surface area (Å²) in [5, 5.41) is 26.3. The Morgan fingerprint density at radius 1 is 0.329 bits per heavy atom. The fourth-order valence-corrected chi connectivity index (χ4v) is 14.2. The van der Waals surface area contributed by atoms with Crippen LogP contribution in [0.3, 0.4) is 0 Å². The summed E-state index contributed by atoms with van der Waals surface area (Å²) < 4.78 is 53.2. The number of halogens is 3. The number of fused-ring (bicyclic) bond motifs is 6. The van der Waals surface area contributed by atoms with Crippen LogP contribution in [0.4, 0.5) is 13.2 Å². The lowest BCUT2D eigenvalue weighted by Gasteiger charge is -2.24. The lowest BCUT2D eigenvalue weighted by Crippen LogP contribution is -2.12. The van der Waals surface area contributed by atoms with E-state index >= 15 is 13.2 Å². The van der Waals surface area contributed by atoms with E-state index in [9.17, 15) is 10.5 Å². The van der Waals surface area contributed by atoms with Crippen molar-refractivity contribution < 1.29 is 13.2 Å². The summed E-state index contributed by atoms with van der Waals surface area (Å²) in [4.78, 5) is 0. The molecule has 0 bridgehead atoms. The molecule has 0 aliphatic heterocycles. The first-order valence-corrected chi connectivity index (χ1v) is 27.8. The minimum Gasteiger partial charge on any atom is -0.308 e. The van der Waals surface area contributed by atoms with Crippen LogP contribution in [-0.2, 0) is 6.18 Å². The Balaban J connectivity index is 1.32. The van der Waals surface area contributed by atoms with Crippen molar-refractivity contribution in [3.63, 3.8) is 0 Å². The second-order valence-corrected chi connectivity index (χ2v) is 23.0. The fourth-order valence-electron chi connectivity index (χ4n) is 14.2. The van der Waals surface area contributed by atoms with Gasteiger partial charge in [-0.05, 0) is 221 Å². The average molecular weight is 1080 g/mol. The summed E-state index contributed by atoms with van der Waals surface area (Å²) in [5.41, 5.74) is 23.9. The zero-order valence-electron chi connectivity index (χ0n) is 48.4. The zero-order valence-corrected chi connectivity index (χ0v) is 48.4. The minimum absolute atomic E-state index is 0.153. The quantitative estimate of drug-likeness (QED) is 0.160. The number of alkyl halides is 3. The molecule has 82 heavy (non-hydrogen) atoms. The predicted octanol–water partition coefficient (Wildman–Crippen LogP) is 20.7. The molecule has 0 atom stereocenters. The molecule has 0 aliphatic rings. The number of hydrogen-bond donors (Lipinski definition) is 0. The number of rotatable bonds is 7. The number of benzene rings is 10. The van der Waals surface area contributed by atoms with Gasteiger partial charge in [0.05, 0.1) is 62.3 Å². The van der Waals surface area contributed by atoms with Crippen LogP contribution in [-0.4, -0.2) is 9.13 Å². The molecule has 2 aromatic heterocycles. The lowest BCUT2D eigenvalue weighted by atomic mass is 9.90. The zero-order chi connectivity index (χ0) is 58.0. The summed E-state index contributed by atoms with van der Waals surface area (Å²) in [6, 6.07) is 54.9. The molecule has 0 saturated heterocycles. The molecular weight excluding hydrogens is 1010 g/mol. The normalized spacial score (nSPS) is 11.8. The second-order valence-electron chi connectivity index (χ2n) is 23.0. The maximum Gasteiger partial charge on any atom is 0.417 e. The van der Waals surface area contributed by atoms with Gasteiger partial charge in [0, 0.05) is 32.7 Å². The molecule has 0 fully saturated rings. The van der Waals surface area contributed by atoms with Crippen LogP contribution in [0.25, 0.3) is 111 Å². The highest BCUT2D eigenvalue weighted by Gasteiger charge is 2.37. The van der Waals surface area contributed by atoms with Gasteiger partial charge in [-0.2, -0.15) is 23.7 Å². The van der Waals surface area contributed by atoms with Gasteiger partial charge in [0.15, 0.2) is 0 Å². The van der Waals surface area contributed by atoms with Gasteiger partial charge in [0.2, 0.25) is 0 Å². The third kappa shape index (κ3) is 8.66. The van der Waals surface area contributed by atoms with Crippen molar-refractivity contribution in [2.24, 2.45) is 0 Å². The monoisotopic (exact) mass is 1070 g/mol. The van der Waals surface area contributed by atoms with Gasteiger partial charge in [-0.25, -0.2) is 0 Å². The predicted molar refractivity (Wildman–Crippen MR) is 334 cm³/mol. The smallest absolute Gasteiger partial charge is 0.308 e. The number of nitriles is 2. The third-order valence-electron chi connectivity index (χ3n) is 16.8. The SMILES string of the molecule is Cc1cc(C)c(-c2ccc3c4ccc(-c5c(C)cc(C)cc5C)cc4n(-c4cc(C#N)cc(-n5c6cc(-c7c(C)cc(C)cc7C)ccc6c6ccc(-c7c(C)cc(C)cc7C)cc65)c4-c4c(C#N)cccc4C(F)(F)F)c3c2)c(C)c1. The van der Waals surface area contributed by atoms with Gasteiger partial charge in [-0.15, -0.1) is 0 Å². The maximum absolute atomic E-state index is 16.4. The first-order valence-electron chi connectivity index (χ1n) is 27.8. The van der Waals surface area contributed by atoms with E-state index in [0.717, 1.165) is 161 Å². The molecular formula is C75H61F3N4. The van der Waals surface area contributed by atoms with E-state index in [4.69, 9.17) is 0 Å². The first kappa shape index (κ1) is 53.2. The van der Waals surface area contributed by atoms with Crippen molar-refractivity contribution >= 4 is 43.6 Å². The number of nitrogens with zero attached hydrogens (tertiary/aromatic N) is 4. The van der Waals surface area contributed by atoms with Crippen molar-refractivity contribution in [2.75, 3.05) is 0 Å². The van der Waals surface area contributed by atoms with Crippen LogP contribution in [0.1, 0.15) is 83.5 Å². The van der Waals surface area contributed by atoms with E-state index in [-0.39, 0.29) is 22.3 Å². The molecule has 12 rings (SSSR count). The van der Waals surface area contributed by atoms with E-state index < -0.39 is 11.7 Å². The Hall–Kier alpha value is -9.43. The molecule has 12 aromatic rings. The summed E-state index contributed by atoms with van der Waals surface area (Å²) in [6.07, 6.45) is -4.91. The van der Waals surface area contributed by atoms with E-state index in [1.807, 2.05) is 0 Å². The van der Waals surface area contributed by atoms with E-state index in [0.29, 0.717) is 11.4 Å². The van der Waals surface area contributed by atoms with Crippen molar-refractivity contribution in [3.05, 3.63) is 235 Å². The molecule has 0 aliphatic carbocycles. The highest BCUT2D eigenvalue weighted by Crippen LogP contribution is 2.50. The second kappa shape index (κ2) is 19.7. The largest absolute Gasteiger partial charge is 0.417 e. The van der Waals surface area contributed by atoms with Crippen molar-refractivity contribution in [1.82, 2.24) is 9.13 Å². The standard InChI is InChI=1S/C75H61F3N4/c1-40-24-44(5)69(45(6)25-40)53-16-20-58-59-21-17-54(70-46(7)26-41(2)27-47(70)8)35-64(59)81(63(58)34-53)67-32-52(38-79)33-68(74(67)73-57(39-80)14-13-15-62(73)75(76,77)78)82-65-36-55(71-48(9)28-42(3)29-49(71)10)18-22-60(65)61-23-19-56(37-66(61)82)72-50(11)30-43(4)31-51(72)12/h13-37H,1-12H3. The van der Waals surface area contributed by atoms with Gasteiger partial charge in [0.25, 0.3) is 0 Å². The number of aryl methyl sites for hydroxylation is 12. The van der Waals surface area contributed by atoms with Gasteiger partial charge in [0.1, 0.15) is 0 Å². The molecule has 0 unspecified atom stereocenters. The highest BCUT2D eigenvalue weighted by atomic mass is 19.4. The Morgan fingerprint density at radius 3 is 0.878 bits per heavy atom.